The number of aromatic nitrogens is 3. The minimum atomic E-state index is 0.247. The van der Waals surface area contributed by atoms with E-state index in [2.05, 4.69) is 39.1 Å². The fourth-order valence-corrected chi connectivity index (χ4v) is 3.46. The zero-order valence-electron chi connectivity index (χ0n) is 13.6. The van der Waals surface area contributed by atoms with Crippen molar-refractivity contribution in [3.05, 3.63) is 34.9 Å². The van der Waals surface area contributed by atoms with Gasteiger partial charge in [0.25, 0.3) is 0 Å². The summed E-state index contributed by atoms with van der Waals surface area (Å²) in [6.45, 7) is 4.56. The molecule has 6 nitrogen and oxygen atoms in total. The molecule has 2 aliphatic rings. The molecule has 1 aromatic heterocycles. The highest BCUT2D eigenvalue weighted by atomic mass is 16.5. The Kier molecular flexibility index (Phi) is 3.69. The Balaban J connectivity index is 1.45. The summed E-state index contributed by atoms with van der Waals surface area (Å²) >= 11 is 0. The van der Waals surface area contributed by atoms with Crippen molar-refractivity contribution >= 4 is 0 Å². The molecule has 6 heteroatoms. The van der Waals surface area contributed by atoms with E-state index in [-0.39, 0.29) is 6.10 Å². The smallest absolute Gasteiger partial charge is 0.147 e. The third-order valence-corrected chi connectivity index (χ3v) is 4.58. The van der Waals surface area contributed by atoms with Crippen molar-refractivity contribution in [2.75, 3.05) is 7.11 Å². The van der Waals surface area contributed by atoms with E-state index in [9.17, 15) is 0 Å². The van der Waals surface area contributed by atoms with E-state index < -0.39 is 0 Å². The van der Waals surface area contributed by atoms with Crippen LogP contribution in [0, 0.1) is 0 Å². The molecule has 2 aliphatic heterocycles. The van der Waals surface area contributed by atoms with Crippen LogP contribution in [0.15, 0.2) is 12.1 Å². The maximum Gasteiger partial charge on any atom is 0.147 e. The normalized spacial score (nSPS) is 18.6. The van der Waals surface area contributed by atoms with Gasteiger partial charge in [-0.05, 0) is 25.5 Å². The number of benzene rings is 1. The number of aryl methyl sites for hydroxylation is 1. The van der Waals surface area contributed by atoms with E-state index in [1.54, 1.807) is 7.11 Å². The molecular formula is C17H22N4O2. The average Bonchev–Trinajstić information content (AvgIpc) is 3.21. The van der Waals surface area contributed by atoms with E-state index >= 15 is 0 Å². The van der Waals surface area contributed by atoms with Crippen molar-refractivity contribution < 1.29 is 9.47 Å². The molecule has 122 valence electrons. The number of nitrogens with one attached hydrogen (secondary N) is 1. The van der Waals surface area contributed by atoms with Crippen LogP contribution in [0.1, 0.15) is 36.1 Å². The molecule has 0 unspecified atom stereocenters. The van der Waals surface area contributed by atoms with Crippen LogP contribution >= 0.6 is 0 Å². The van der Waals surface area contributed by atoms with Gasteiger partial charge in [-0.15, -0.1) is 10.2 Å². The third-order valence-electron chi connectivity index (χ3n) is 4.58. The summed E-state index contributed by atoms with van der Waals surface area (Å²) in [6.07, 6.45) is 3.41. The number of ether oxygens (including phenoxy) is 2. The number of hydrogen-bond acceptors (Lipinski definition) is 5. The maximum atomic E-state index is 5.85. The molecule has 3 heterocycles. The van der Waals surface area contributed by atoms with Crippen LogP contribution in [0.3, 0.4) is 0 Å². The topological polar surface area (TPSA) is 61.2 Å². The molecule has 0 saturated carbocycles. The van der Waals surface area contributed by atoms with Gasteiger partial charge in [-0.25, -0.2) is 0 Å². The van der Waals surface area contributed by atoms with Crippen molar-refractivity contribution in [1.29, 1.82) is 0 Å². The van der Waals surface area contributed by atoms with Crippen LogP contribution in [0.25, 0.3) is 0 Å². The molecule has 1 aromatic carbocycles. The van der Waals surface area contributed by atoms with Gasteiger partial charge in [0.15, 0.2) is 0 Å². The molecule has 4 rings (SSSR count). The van der Waals surface area contributed by atoms with Crippen LogP contribution in [0.4, 0.5) is 0 Å². The number of nitrogens with zero attached hydrogens (tertiary/aromatic N) is 3. The molecule has 0 aliphatic carbocycles. The summed E-state index contributed by atoms with van der Waals surface area (Å²) in [6, 6.07) is 4.20. The SMILES string of the molecule is COc1cc2c(cc1CNCc1nnc3n1CCC3)O[C@@H](C)C2. The molecule has 0 fully saturated rings. The van der Waals surface area contributed by atoms with Crippen LogP contribution in [0.2, 0.25) is 0 Å². The van der Waals surface area contributed by atoms with Crippen molar-refractivity contribution in [3.8, 4) is 11.5 Å². The first-order chi connectivity index (χ1) is 11.2. The first-order valence-corrected chi connectivity index (χ1v) is 8.22. The molecule has 0 radical (unpaired) electrons. The van der Waals surface area contributed by atoms with Crippen LogP contribution < -0.4 is 14.8 Å². The van der Waals surface area contributed by atoms with Gasteiger partial charge < -0.3 is 19.4 Å². The van der Waals surface area contributed by atoms with E-state index in [4.69, 9.17) is 9.47 Å². The van der Waals surface area contributed by atoms with Crippen LogP contribution in [-0.4, -0.2) is 28.0 Å². The van der Waals surface area contributed by atoms with Crippen molar-refractivity contribution in [3.63, 3.8) is 0 Å². The number of fused-ring (bicyclic) bond motifs is 2. The fraction of sp³-hybridized carbons (Fsp3) is 0.529. The lowest BCUT2D eigenvalue weighted by molar-refractivity contribution is 0.254. The number of rotatable bonds is 5. The molecule has 23 heavy (non-hydrogen) atoms. The average molecular weight is 314 g/mol. The van der Waals surface area contributed by atoms with Gasteiger partial charge in [-0.2, -0.15) is 0 Å². The third kappa shape index (κ3) is 2.67. The molecule has 0 amide bonds. The highest BCUT2D eigenvalue weighted by Gasteiger charge is 2.22. The predicted molar refractivity (Wildman–Crippen MR) is 85.7 cm³/mol. The second kappa shape index (κ2) is 5.85. The molecular weight excluding hydrogens is 292 g/mol. The Hall–Kier alpha value is -2.08. The maximum absolute atomic E-state index is 5.85. The molecule has 2 aromatic rings. The molecule has 0 spiro atoms. The quantitative estimate of drug-likeness (QED) is 0.912. The Bertz CT molecular complexity index is 726. The highest BCUT2D eigenvalue weighted by molar-refractivity contribution is 5.48. The summed E-state index contributed by atoms with van der Waals surface area (Å²) in [5.74, 6) is 4.03. The van der Waals surface area contributed by atoms with E-state index in [0.717, 1.165) is 54.6 Å². The lowest BCUT2D eigenvalue weighted by Crippen LogP contribution is -2.17. The highest BCUT2D eigenvalue weighted by Crippen LogP contribution is 2.34. The second-order valence-corrected chi connectivity index (χ2v) is 6.30. The molecule has 0 bridgehead atoms. The second-order valence-electron chi connectivity index (χ2n) is 6.30. The van der Waals surface area contributed by atoms with Crippen molar-refractivity contribution in [1.82, 2.24) is 20.1 Å². The van der Waals surface area contributed by atoms with Gasteiger partial charge >= 0.3 is 0 Å². The van der Waals surface area contributed by atoms with Gasteiger partial charge in [0.1, 0.15) is 29.3 Å². The van der Waals surface area contributed by atoms with E-state index in [0.29, 0.717) is 6.54 Å². The fourth-order valence-electron chi connectivity index (χ4n) is 3.46. The molecule has 1 N–H and O–H groups in total. The summed E-state index contributed by atoms with van der Waals surface area (Å²) in [7, 11) is 1.72. The van der Waals surface area contributed by atoms with E-state index in [1.165, 1.54) is 12.0 Å². The lowest BCUT2D eigenvalue weighted by Gasteiger charge is -2.12. The standard InChI is InChI=1S/C17H22N4O2/c1-11-6-12-7-14(22-2)13(8-15(12)23-11)9-18-10-17-20-19-16-4-3-5-21(16)17/h7-8,11,18H,3-6,9-10H2,1-2H3/t11-/m0/s1. The monoisotopic (exact) mass is 314 g/mol. The van der Waals surface area contributed by atoms with Gasteiger partial charge in [0.2, 0.25) is 0 Å². The molecule has 1 atom stereocenters. The summed E-state index contributed by atoms with van der Waals surface area (Å²) < 4.78 is 13.6. The lowest BCUT2D eigenvalue weighted by atomic mass is 10.1. The first-order valence-electron chi connectivity index (χ1n) is 8.22. The molecule has 0 saturated heterocycles. The summed E-state index contributed by atoms with van der Waals surface area (Å²) in [4.78, 5) is 0. The predicted octanol–water partition coefficient (Wildman–Crippen LogP) is 1.85. The van der Waals surface area contributed by atoms with Gasteiger partial charge in [0, 0.05) is 37.1 Å². The van der Waals surface area contributed by atoms with Gasteiger partial charge in [-0.1, -0.05) is 0 Å². The van der Waals surface area contributed by atoms with Crippen LogP contribution in [0.5, 0.6) is 11.5 Å². The van der Waals surface area contributed by atoms with Crippen LogP contribution in [-0.2, 0) is 32.5 Å². The zero-order valence-corrected chi connectivity index (χ0v) is 13.6. The van der Waals surface area contributed by atoms with Crippen molar-refractivity contribution in [2.24, 2.45) is 0 Å². The first kappa shape index (κ1) is 14.5. The number of hydrogen-bond donors (Lipinski definition) is 1. The summed E-state index contributed by atoms with van der Waals surface area (Å²) in [5, 5.41) is 12.0. The summed E-state index contributed by atoms with van der Waals surface area (Å²) in [5.41, 5.74) is 2.34. The largest absolute Gasteiger partial charge is 0.496 e. The van der Waals surface area contributed by atoms with Crippen molar-refractivity contribution in [2.45, 2.75) is 51.9 Å². The Morgan fingerprint density at radius 3 is 3.13 bits per heavy atom. The minimum Gasteiger partial charge on any atom is -0.496 e. The minimum absolute atomic E-state index is 0.247. The Morgan fingerprint density at radius 2 is 2.26 bits per heavy atom. The number of methoxy groups -OCH3 is 1. The van der Waals surface area contributed by atoms with Gasteiger partial charge in [0.05, 0.1) is 13.7 Å². The zero-order chi connectivity index (χ0) is 15.8. The Labute approximate surface area is 135 Å². The van der Waals surface area contributed by atoms with Gasteiger partial charge in [-0.3, -0.25) is 0 Å². The Morgan fingerprint density at radius 1 is 1.35 bits per heavy atom. The van der Waals surface area contributed by atoms with E-state index in [1.807, 2.05) is 0 Å².